The molecule has 0 N–H and O–H groups in total. The van der Waals surface area contributed by atoms with Crippen molar-refractivity contribution in [3.63, 3.8) is 0 Å². The normalized spacial score (nSPS) is 23.2. The molecular weight excluding hydrogens is 304 g/mol. The molecule has 0 amide bonds. The molecule has 23 heavy (non-hydrogen) atoms. The van der Waals surface area contributed by atoms with Crippen LogP contribution in [-0.4, -0.2) is 37.4 Å². The summed E-state index contributed by atoms with van der Waals surface area (Å²) in [7, 11) is 1.29. The summed E-state index contributed by atoms with van der Waals surface area (Å²) < 4.78 is 20.6. The molecule has 0 saturated carbocycles. The van der Waals surface area contributed by atoms with Crippen LogP contribution in [0.5, 0.6) is 0 Å². The maximum Gasteiger partial charge on any atom is 0.338 e. The van der Waals surface area contributed by atoms with Crippen LogP contribution in [-0.2, 0) is 28.5 Å². The van der Waals surface area contributed by atoms with E-state index in [0.717, 1.165) is 0 Å². The summed E-state index contributed by atoms with van der Waals surface area (Å²) in [4.78, 5) is 34.2. The molecular formula is C16H18O7. The summed E-state index contributed by atoms with van der Waals surface area (Å²) in [6.45, 7) is 2.50. The molecule has 1 aromatic rings. The van der Waals surface area contributed by atoms with Gasteiger partial charge in [-0.2, -0.15) is 0 Å². The van der Waals surface area contributed by atoms with Gasteiger partial charge in [0.05, 0.1) is 18.8 Å². The van der Waals surface area contributed by atoms with Crippen LogP contribution in [0.4, 0.5) is 0 Å². The first-order chi connectivity index (χ1) is 10.9. The molecule has 1 aliphatic heterocycles. The van der Waals surface area contributed by atoms with Gasteiger partial charge < -0.3 is 18.9 Å². The van der Waals surface area contributed by atoms with Gasteiger partial charge in [-0.3, -0.25) is 9.59 Å². The van der Waals surface area contributed by atoms with Crippen molar-refractivity contribution in [3.8, 4) is 0 Å². The molecule has 0 radical (unpaired) electrons. The molecule has 1 fully saturated rings. The fourth-order valence-corrected chi connectivity index (χ4v) is 2.49. The van der Waals surface area contributed by atoms with E-state index in [0.29, 0.717) is 11.1 Å². The molecule has 7 nitrogen and oxygen atoms in total. The van der Waals surface area contributed by atoms with Gasteiger partial charge in [0.25, 0.3) is 0 Å². The molecule has 2 rings (SSSR count). The Morgan fingerprint density at radius 1 is 1.09 bits per heavy atom. The minimum absolute atomic E-state index is 0.269. The molecule has 3 atom stereocenters. The van der Waals surface area contributed by atoms with E-state index in [9.17, 15) is 14.4 Å². The van der Waals surface area contributed by atoms with Crippen LogP contribution >= 0.6 is 0 Å². The van der Waals surface area contributed by atoms with Crippen molar-refractivity contribution in [2.75, 3.05) is 7.11 Å². The number of hydrogen-bond acceptors (Lipinski definition) is 7. The standard InChI is InChI=1S/C16H18O7/c1-9(17)21-14-8-13(23-16(14)22-10(2)18)11-6-4-5-7-12(11)15(19)20-3/h4-7,13-14,16H,8H2,1-3H3/t13-,14+,16?/m0/s1. The van der Waals surface area contributed by atoms with Crippen LogP contribution in [0.2, 0.25) is 0 Å². The summed E-state index contributed by atoms with van der Waals surface area (Å²) in [5.41, 5.74) is 0.941. The molecule has 0 aliphatic carbocycles. The number of ether oxygens (including phenoxy) is 4. The minimum atomic E-state index is -1.01. The fourth-order valence-electron chi connectivity index (χ4n) is 2.49. The van der Waals surface area contributed by atoms with Gasteiger partial charge in [0.15, 0.2) is 6.10 Å². The number of esters is 3. The first-order valence-corrected chi connectivity index (χ1v) is 7.09. The monoisotopic (exact) mass is 322 g/mol. The van der Waals surface area contributed by atoms with Crippen molar-refractivity contribution in [1.29, 1.82) is 0 Å². The zero-order chi connectivity index (χ0) is 17.0. The average molecular weight is 322 g/mol. The van der Waals surface area contributed by atoms with E-state index in [-0.39, 0.29) is 6.42 Å². The van der Waals surface area contributed by atoms with Crippen LogP contribution in [0.1, 0.15) is 42.3 Å². The fraction of sp³-hybridized carbons (Fsp3) is 0.438. The molecule has 1 saturated heterocycles. The smallest absolute Gasteiger partial charge is 0.338 e. The summed E-state index contributed by atoms with van der Waals surface area (Å²) in [6, 6.07) is 6.80. The summed E-state index contributed by atoms with van der Waals surface area (Å²) in [5, 5.41) is 0. The van der Waals surface area contributed by atoms with E-state index in [2.05, 4.69) is 0 Å². The van der Waals surface area contributed by atoms with Crippen molar-refractivity contribution in [2.45, 2.75) is 38.8 Å². The van der Waals surface area contributed by atoms with Gasteiger partial charge in [0.2, 0.25) is 6.29 Å². The zero-order valence-corrected chi connectivity index (χ0v) is 13.1. The Balaban J connectivity index is 2.26. The molecule has 1 unspecified atom stereocenters. The lowest BCUT2D eigenvalue weighted by molar-refractivity contribution is -0.194. The van der Waals surface area contributed by atoms with Gasteiger partial charge in [0, 0.05) is 20.3 Å². The number of hydrogen-bond donors (Lipinski definition) is 0. The van der Waals surface area contributed by atoms with Gasteiger partial charge >= 0.3 is 17.9 Å². The lowest BCUT2D eigenvalue weighted by Crippen LogP contribution is -2.30. The predicted molar refractivity (Wildman–Crippen MR) is 77.3 cm³/mol. The van der Waals surface area contributed by atoms with E-state index in [1.807, 2.05) is 0 Å². The van der Waals surface area contributed by atoms with Crippen LogP contribution in [0.25, 0.3) is 0 Å². The Bertz CT molecular complexity index is 586. The first-order valence-electron chi connectivity index (χ1n) is 7.09. The molecule has 1 aromatic carbocycles. The maximum atomic E-state index is 11.9. The number of carbonyl (C=O) groups excluding carboxylic acids is 3. The Hall–Kier alpha value is -2.41. The number of carbonyl (C=O) groups is 3. The average Bonchev–Trinajstić information content (AvgIpc) is 2.87. The molecule has 0 aromatic heterocycles. The highest BCUT2D eigenvalue weighted by Crippen LogP contribution is 2.37. The number of rotatable bonds is 4. The highest BCUT2D eigenvalue weighted by molar-refractivity contribution is 5.91. The highest BCUT2D eigenvalue weighted by atomic mass is 16.7. The van der Waals surface area contributed by atoms with Gasteiger partial charge in [-0.25, -0.2) is 4.79 Å². The summed E-state index contributed by atoms with van der Waals surface area (Å²) in [5.74, 6) is -1.55. The maximum absolute atomic E-state index is 11.9. The zero-order valence-electron chi connectivity index (χ0n) is 13.1. The molecule has 7 heteroatoms. The Kier molecular flexibility index (Phi) is 5.33. The second kappa shape index (κ2) is 7.23. The predicted octanol–water partition coefficient (Wildman–Crippen LogP) is 1.76. The molecule has 0 spiro atoms. The summed E-state index contributed by atoms with van der Waals surface area (Å²) >= 11 is 0. The molecule has 1 heterocycles. The van der Waals surface area contributed by atoms with E-state index in [1.54, 1.807) is 24.3 Å². The van der Waals surface area contributed by atoms with E-state index in [1.165, 1.54) is 21.0 Å². The first kappa shape index (κ1) is 17.0. The van der Waals surface area contributed by atoms with Crippen molar-refractivity contribution in [3.05, 3.63) is 35.4 Å². The lowest BCUT2D eigenvalue weighted by Gasteiger charge is -2.17. The van der Waals surface area contributed by atoms with Crippen molar-refractivity contribution in [1.82, 2.24) is 0 Å². The largest absolute Gasteiger partial charge is 0.465 e. The SMILES string of the molecule is COC(=O)c1ccccc1[C@@H]1C[C@@H](OC(C)=O)C(OC(C)=O)O1. The third-order valence-electron chi connectivity index (χ3n) is 3.36. The third-order valence-corrected chi connectivity index (χ3v) is 3.36. The van der Waals surface area contributed by atoms with Gasteiger partial charge in [0.1, 0.15) is 0 Å². The Morgan fingerprint density at radius 2 is 1.74 bits per heavy atom. The second-order valence-electron chi connectivity index (χ2n) is 5.06. The van der Waals surface area contributed by atoms with Gasteiger partial charge in [-0.15, -0.1) is 0 Å². The van der Waals surface area contributed by atoms with Crippen LogP contribution in [0.15, 0.2) is 24.3 Å². The van der Waals surface area contributed by atoms with Crippen LogP contribution in [0.3, 0.4) is 0 Å². The Morgan fingerprint density at radius 3 is 2.35 bits per heavy atom. The summed E-state index contributed by atoms with van der Waals surface area (Å²) in [6.07, 6.45) is -2.02. The van der Waals surface area contributed by atoms with Crippen molar-refractivity contribution in [2.24, 2.45) is 0 Å². The van der Waals surface area contributed by atoms with Crippen molar-refractivity contribution < 1.29 is 33.3 Å². The van der Waals surface area contributed by atoms with E-state index < -0.39 is 36.4 Å². The van der Waals surface area contributed by atoms with E-state index >= 15 is 0 Å². The van der Waals surface area contributed by atoms with Crippen LogP contribution in [0, 0.1) is 0 Å². The molecule has 0 bridgehead atoms. The van der Waals surface area contributed by atoms with Gasteiger partial charge in [-0.05, 0) is 11.6 Å². The molecule has 124 valence electrons. The van der Waals surface area contributed by atoms with E-state index in [4.69, 9.17) is 18.9 Å². The lowest BCUT2D eigenvalue weighted by atomic mass is 10.00. The highest BCUT2D eigenvalue weighted by Gasteiger charge is 2.41. The quantitative estimate of drug-likeness (QED) is 0.616. The Labute approximate surface area is 133 Å². The van der Waals surface area contributed by atoms with Crippen molar-refractivity contribution >= 4 is 17.9 Å². The number of methoxy groups -OCH3 is 1. The minimum Gasteiger partial charge on any atom is -0.465 e. The topological polar surface area (TPSA) is 88.1 Å². The van der Waals surface area contributed by atoms with Crippen LogP contribution < -0.4 is 0 Å². The molecule has 1 aliphatic rings. The van der Waals surface area contributed by atoms with Gasteiger partial charge in [-0.1, -0.05) is 18.2 Å². The second-order valence-corrected chi connectivity index (χ2v) is 5.06. The number of benzene rings is 1. The third kappa shape index (κ3) is 4.07.